The molecule has 5 nitrogen and oxygen atoms in total. The Hall–Kier alpha value is -1.76. The maximum Gasteiger partial charge on any atom is 0.256 e. The molecular weight excluding hydrogens is 244 g/mol. The number of amides is 1. The summed E-state index contributed by atoms with van der Waals surface area (Å²) in [6.45, 7) is -1.20. The molecule has 0 aliphatic carbocycles. The Morgan fingerprint density at radius 1 is 1.61 bits per heavy atom. The molecule has 1 heterocycles. The van der Waals surface area contributed by atoms with E-state index in [1.165, 1.54) is 18.5 Å². The topological polar surface area (TPSA) is 65.5 Å². The molecule has 100 valence electrons. The highest BCUT2D eigenvalue weighted by atomic mass is 19.3. The van der Waals surface area contributed by atoms with Gasteiger partial charge in [0.2, 0.25) is 0 Å². The molecule has 0 spiro atoms. The average molecular weight is 259 g/mol. The highest BCUT2D eigenvalue weighted by molar-refractivity contribution is 5.99. The van der Waals surface area contributed by atoms with Crippen molar-refractivity contribution >= 4 is 11.6 Å². The van der Waals surface area contributed by atoms with Crippen molar-refractivity contribution < 1.29 is 18.7 Å². The summed E-state index contributed by atoms with van der Waals surface area (Å²) in [5, 5.41) is 11.6. The third kappa shape index (κ3) is 3.63. The molecule has 7 heteroatoms. The fourth-order valence-corrected chi connectivity index (χ4v) is 1.51. The fraction of sp³-hybridized carbons (Fsp3) is 0.455. The molecule has 0 fully saturated rings. The second-order valence-electron chi connectivity index (χ2n) is 3.54. The fourth-order valence-electron chi connectivity index (χ4n) is 1.51. The molecule has 0 atom stereocenters. The van der Waals surface area contributed by atoms with Gasteiger partial charge in [-0.15, -0.1) is 0 Å². The van der Waals surface area contributed by atoms with Gasteiger partial charge in [0, 0.05) is 19.8 Å². The molecular formula is C11H15F2N3O2. The van der Waals surface area contributed by atoms with Gasteiger partial charge in [-0.25, -0.2) is 8.78 Å². The molecule has 2 N–H and O–H groups in total. The maximum absolute atomic E-state index is 12.4. The number of rotatable bonds is 6. The molecule has 0 radical (unpaired) electrons. The summed E-state index contributed by atoms with van der Waals surface area (Å²) in [4.78, 5) is 16.8. The summed E-state index contributed by atoms with van der Waals surface area (Å²) in [5.74, 6) is -0.559. The van der Waals surface area contributed by atoms with E-state index in [1.54, 1.807) is 7.05 Å². The predicted molar refractivity (Wildman–Crippen MR) is 62.8 cm³/mol. The van der Waals surface area contributed by atoms with Gasteiger partial charge in [0.15, 0.2) is 0 Å². The van der Waals surface area contributed by atoms with Gasteiger partial charge in [-0.05, 0) is 6.07 Å². The normalized spacial score (nSPS) is 10.5. The van der Waals surface area contributed by atoms with Gasteiger partial charge in [-0.1, -0.05) is 0 Å². The van der Waals surface area contributed by atoms with Crippen molar-refractivity contribution in [1.82, 2.24) is 9.88 Å². The molecule has 1 amide bonds. The van der Waals surface area contributed by atoms with Crippen LogP contribution >= 0.6 is 0 Å². The highest BCUT2D eigenvalue weighted by Gasteiger charge is 2.21. The number of hydrogen-bond acceptors (Lipinski definition) is 4. The Morgan fingerprint density at radius 2 is 2.33 bits per heavy atom. The Labute approximate surface area is 103 Å². The Morgan fingerprint density at radius 3 is 2.89 bits per heavy atom. The lowest BCUT2D eigenvalue weighted by atomic mass is 10.2. The number of carbonyl (C=O) groups is 1. The molecule has 0 aliphatic heterocycles. The Balaban J connectivity index is 2.94. The zero-order valence-electron chi connectivity index (χ0n) is 9.94. The number of anilines is 1. The molecule has 1 aromatic heterocycles. The minimum absolute atomic E-state index is 0.130. The lowest BCUT2D eigenvalue weighted by Gasteiger charge is -2.22. The average Bonchev–Trinajstić information content (AvgIpc) is 2.37. The number of nitrogens with one attached hydrogen (secondary N) is 1. The monoisotopic (exact) mass is 259 g/mol. The van der Waals surface area contributed by atoms with Gasteiger partial charge in [0.1, 0.15) is 0 Å². The zero-order chi connectivity index (χ0) is 13.5. The van der Waals surface area contributed by atoms with Crippen LogP contribution in [-0.2, 0) is 0 Å². The van der Waals surface area contributed by atoms with Crippen molar-refractivity contribution in [3.8, 4) is 0 Å². The largest absolute Gasteiger partial charge is 0.395 e. The molecule has 0 aliphatic rings. The SMILES string of the molecule is CNc1cnccc1C(=O)N(CCO)CC(F)F. The highest BCUT2D eigenvalue weighted by Crippen LogP contribution is 2.15. The number of aromatic nitrogens is 1. The maximum atomic E-state index is 12.4. The molecule has 1 aromatic rings. The van der Waals surface area contributed by atoms with Crippen LogP contribution < -0.4 is 5.32 Å². The van der Waals surface area contributed by atoms with Crippen LogP contribution in [-0.4, -0.2) is 54.1 Å². The number of alkyl halides is 2. The van der Waals surface area contributed by atoms with E-state index in [9.17, 15) is 13.6 Å². The van der Waals surface area contributed by atoms with Gasteiger partial charge < -0.3 is 15.3 Å². The van der Waals surface area contributed by atoms with Gasteiger partial charge >= 0.3 is 0 Å². The van der Waals surface area contributed by atoms with Crippen molar-refractivity contribution in [1.29, 1.82) is 0 Å². The first kappa shape index (κ1) is 14.3. The molecule has 0 saturated carbocycles. The second kappa shape index (κ2) is 6.85. The lowest BCUT2D eigenvalue weighted by Crippen LogP contribution is -2.37. The van der Waals surface area contributed by atoms with Crippen LogP contribution in [0.5, 0.6) is 0 Å². The van der Waals surface area contributed by atoms with Crippen molar-refractivity contribution in [2.24, 2.45) is 0 Å². The first-order valence-electron chi connectivity index (χ1n) is 5.40. The number of carbonyl (C=O) groups excluding carboxylic acids is 1. The van der Waals surface area contributed by atoms with E-state index < -0.39 is 18.9 Å². The van der Waals surface area contributed by atoms with E-state index in [4.69, 9.17) is 5.11 Å². The minimum atomic E-state index is -2.64. The number of aliphatic hydroxyl groups is 1. The van der Waals surface area contributed by atoms with Crippen LogP contribution in [0.25, 0.3) is 0 Å². The van der Waals surface area contributed by atoms with Crippen LogP contribution in [0.4, 0.5) is 14.5 Å². The first-order valence-corrected chi connectivity index (χ1v) is 5.40. The standard InChI is InChI=1S/C11H15F2N3O2/c1-14-9-6-15-3-2-8(9)11(18)16(4-5-17)7-10(12)13/h2-3,6,10,14,17H,4-5,7H2,1H3. The summed E-state index contributed by atoms with van der Waals surface area (Å²) in [6.07, 6.45) is 0.209. The molecule has 18 heavy (non-hydrogen) atoms. The molecule has 0 bridgehead atoms. The minimum Gasteiger partial charge on any atom is -0.395 e. The number of halogens is 2. The molecule has 1 rings (SSSR count). The van der Waals surface area contributed by atoms with Gasteiger partial charge in [-0.2, -0.15) is 0 Å². The second-order valence-corrected chi connectivity index (χ2v) is 3.54. The Bertz CT molecular complexity index is 402. The van der Waals surface area contributed by atoms with Crippen molar-refractivity contribution in [3.63, 3.8) is 0 Å². The third-order valence-electron chi connectivity index (χ3n) is 2.34. The van der Waals surface area contributed by atoms with E-state index in [1.807, 2.05) is 0 Å². The zero-order valence-corrected chi connectivity index (χ0v) is 9.94. The summed E-state index contributed by atoms with van der Waals surface area (Å²) in [7, 11) is 1.61. The van der Waals surface area contributed by atoms with Gasteiger partial charge in [-0.3, -0.25) is 9.78 Å². The number of hydrogen-bond donors (Lipinski definition) is 2. The van der Waals surface area contributed by atoms with Crippen LogP contribution in [0.3, 0.4) is 0 Å². The van der Waals surface area contributed by atoms with Crippen molar-refractivity contribution in [3.05, 3.63) is 24.0 Å². The van der Waals surface area contributed by atoms with Gasteiger partial charge in [0.05, 0.1) is 30.6 Å². The van der Waals surface area contributed by atoms with E-state index in [-0.39, 0.29) is 18.7 Å². The Kier molecular flexibility index (Phi) is 5.44. The smallest absolute Gasteiger partial charge is 0.256 e. The molecule has 0 unspecified atom stereocenters. The summed E-state index contributed by atoms with van der Waals surface area (Å²) < 4.78 is 24.7. The molecule has 0 aromatic carbocycles. The van der Waals surface area contributed by atoms with Crippen LogP contribution in [0.1, 0.15) is 10.4 Å². The molecule has 0 saturated heterocycles. The van der Waals surface area contributed by atoms with Gasteiger partial charge in [0.25, 0.3) is 12.3 Å². The number of aliphatic hydroxyl groups excluding tert-OH is 1. The number of pyridine rings is 1. The van der Waals surface area contributed by atoms with Crippen molar-refractivity contribution in [2.45, 2.75) is 6.43 Å². The summed E-state index contributed by atoms with van der Waals surface area (Å²) in [6, 6.07) is 1.45. The first-order chi connectivity index (χ1) is 8.60. The third-order valence-corrected chi connectivity index (χ3v) is 2.34. The van der Waals surface area contributed by atoms with E-state index in [2.05, 4.69) is 10.3 Å². The van der Waals surface area contributed by atoms with Crippen LogP contribution in [0, 0.1) is 0 Å². The van der Waals surface area contributed by atoms with E-state index in [0.29, 0.717) is 5.69 Å². The van der Waals surface area contributed by atoms with E-state index in [0.717, 1.165) is 4.90 Å². The summed E-state index contributed by atoms with van der Waals surface area (Å²) in [5.41, 5.74) is 0.710. The summed E-state index contributed by atoms with van der Waals surface area (Å²) >= 11 is 0. The van der Waals surface area contributed by atoms with Crippen LogP contribution in [0.2, 0.25) is 0 Å². The van der Waals surface area contributed by atoms with Crippen LogP contribution in [0.15, 0.2) is 18.5 Å². The predicted octanol–water partition coefficient (Wildman–Crippen LogP) is 0.823. The number of nitrogens with zero attached hydrogens (tertiary/aromatic N) is 2. The van der Waals surface area contributed by atoms with E-state index >= 15 is 0 Å². The quantitative estimate of drug-likeness (QED) is 0.794. The van der Waals surface area contributed by atoms with Crippen molar-refractivity contribution in [2.75, 3.05) is 32.1 Å². The lowest BCUT2D eigenvalue weighted by molar-refractivity contribution is 0.0510.